The molecule has 8 heteroatoms. The topological polar surface area (TPSA) is 92.8 Å². The van der Waals surface area contributed by atoms with Gasteiger partial charge in [-0.05, 0) is 61.2 Å². The Bertz CT molecular complexity index is 1030. The van der Waals surface area contributed by atoms with E-state index in [2.05, 4.69) is 5.32 Å². The second-order valence-electron chi connectivity index (χ2n) is 7.13. The van der Waals surface area contributed by atoms with Crippen molar-refractivity contribution in [1.82, 2.24) is 0 Å². The number of esters is 1. The highest BCUT2D eigenvalue weighted by atomic mass is 32.2. The summed E-state index contributed by atoms with van der Waals surface area (Å²) in [4.78, 5) is 24.3. The lowest BCUT2D eigenvalue weighted by Crippen LogP contribution is -2.34. The summed E-state index contributed by atoms with van der Waals surface area (Å²) >= 11 is 0. The Morgan fingerprint density at radius 2 is 1.86 bits per heavy atom. The predicted molar refractivity (Wildman–Crippen MR) is 112 cm³/mol. The van der Waals surface area contributed by atoms with Crippen molar-refractivity contribution in [2.75, 3.05) is 22.5 Å². The monoisotopic (exact) mass is 416 g/mol. The van der Waals surface area contributed by atoms with Crippen LogP contribution in [0.25, 0.3) is 0 Å². The molecule has 0 radical (unpaired) electrons. The fraction of sp³-hybridized carbons (Fsp3) is 0.333. The minimum Gasteiger partial charge on any atom is -0.452 e. The third-order valence-corrected chi connectivity index (χ3v) is 6.08. The van der Waals surface area contributed by atoms with E-state index >= 15 is 0 Å². The Morgan fingerprint density at radius 3 is 2.48 bits per heavy atom. The second kappa shape index (κ2) is 8.24. The van der Waals surface area contributed by atoms with E-state index in [-0.39, 0.29) is 11.6 Å². The first-order valence-electron chi connectivity index (χ1n) is 9.37. The van der Waals surface area contributed by atoms with E-state index in [9.17, 15) is 18.0 Å². The van der Waals surface area contributed by atoms with Gasteiger partial charge in [0, 0.05) is 11.7 Å². The molecular weight excluding hydrogens is 392 g/mol. The molecule has 0 aromatic heterocycles. The Balaban J connectivity index is 1.61. The van der Waals surface area contributed by atoms with Gasteiger partial charge in [0.05, 0.1) is 17.5 Å². The van der Waals surface area contributed by atoms with Crippen molar-refractivity contribution in [1.29, 1.82) is 0 Å². The molecule has 0 saturated carbocycles. The van der Waals surface area contributed by atoms with Gasteiger partial charge < -0.3 is 10.1 Å². The van der Waals surface area contributed by atoms with E-state index < -0.39 is 28.5 Å². The molecule has 0 saturated heterocycles. The van der Waals surface area contributed by atoms with Crippen LogP contribution in [0.5, 0.6) is 0 Å². The Labute approximate surface area is 170 Å². The van der Waals surface area contributed by atoms with Crippen LogP contribution in [0.1, 0.15) is 35.3 Å². The summed E-state index contributed by atoms with van der Waals surface area (Å²) in [6.45, 7) is 3.46. The maximum Gasteiger partial charge on any atom is 0.338 e. The maximum absolute atomic E-state index is 12.3. The van der Waals surface area contributed by atoms with Crippen LogP contribution < -0.4 is 9.62 Å². The molecule has 7 nitrogen and oxygen atoms in total. The summed E-state index contributed by atoms with van der Waals surface area (Å²) in [6, 6.07) is 12.0. The number of hydrogen-bond donors (Lipinski definition) is 1. The first-order chi connectivity index (χ1) is 13.7. The van der Waals surface area contributed by atoms with Crippen LogP contribution in [-0.2, 0) is 32.4 Å². The first-order valence-corrected chi connectivity index (χ1v) is 11.2. The van der Waals surface area contributed by atoms with Crippen LogP contribution >= 0.6 is 0 Å². The number of rotatable bonds is 6. The number of amides is 1. The van der Waals surface area contributed by atoms with Gasteiger partial charge in [0.1, 0.15) is 0 Å². The van der Waals surface area contributed by atoms with E-state index in [4.69, 9.17) is 4.74 Å². The molecule has 0 bridgehead atoms. The number of carbonyl (C=O) groups excluding carboxylic acids is 2. The minimum absolute atomic E-state index is 0.212. The summed E-state index contributed by atoms with van der Waals surface area (Å²) in [5, 5.41) is 2.68. The van der Waals surface area contributed by atoms with Gasteiger partial charge in [-0.2, -0.15) is 0 Å². The van der Waals surface area contributed by atoms with Crippen LogP contribution in [0.2, 0.25) is 0 Å². The first kappa shape index (κ1) is 20.9. The quantitative estimate of drug-likeness (QED) is 0.731. The van der Waals surface area contributed by atoms with Gasteiger partial charge in [-0.25, -0.2) is 13.2 Å². The molecule has 0 unspecified atom stereocenters. The van der Waals surface area contributed by atoms with Gasteiger partial charge >= 0.3 is 5.97 Å². The SMILES string of the molecule is CCc1ccc(NC(=O)COC(=O)c2ccc3c(c2)C[C@@H](C)N3S(C)(=O)=O)cc1. The molecule has 1 aliphatic rings. The molecule has 0 aliphatic carbocycles. The Hall–Kier alpha value is -2.87. The number of anilines is 2. The lowest BCUT2D eigenvalue weighted by Gasteiger charge is -2.21. The molecule has 0 spiro atoms. The number of carbonyl (C=O) groups is 2. The summed E-state index contributed by atoms with van der Waals surface area (Å²) < 4.78 is 30.4. The van der Waals surface area contributed by atoms with Gasteiger partial charge in [0.2, 0.25) is 10.0 Å². The predicted octanol–water partition coefficient (Wildman–Crippen LogP) is 2.76. The molecule has 3 rings (SSSR count). The zero-order valence-electron chi connectivity index (χ0n) is 16.6. The molecule has 1 atom stereocenters. The normalized spacial score (nSPS) is 15.7. The molecule has 1 N–H and O–H groups in total. The van der Waals surface area contributed by atoms with E-state index in [1.54, 1.807) is 24.3 Å². The van der Waals surface area contributed by atoms with Gasteiger partial charge in [-0.15, -0.1) is 0 Å². The van der Waals surface area contributed by atoms with E-state index in [1.165, 1.54) is 10.4 Å². The maximum atomic E-state index is 12.3. The van der Waals surface area contributed by atoms with Crippen LogP contribution in [0.4, 0.5) is 11.4 Å². The number of aryl methyl sites for hydroxylation is 1. The largest absolute Gasteiger partial charge is 0.452 e. The van der Waals surface area contributed by atoms with Crippen LogP contribution in [0.15, 0.2) is 42.5 Å². The second-order valence-corrected chi connectivity index (χ2v) is 8.99. The average molecular weight is 416 g/mol. The van der Waals surface area contributed by atoms with E-state index in [0.29, 0.717) is 17.8 Å². The van der Waals surface area contributed by atoms with Crippen molar-refractivity contribution in [2.45, 2.75) is 32.7 Å². The van der Waals surface area contributed by atoms with Crippen molar-refractivity contribution >= 4 is 33.3 Å². The summed E-state index contributed by atoms with van der Waals surface area (Å²) in [5.74, 6) is -1.06. The molecule has 0 fully saturated rings. The molecule has 2 aromatic rings. The standard InChI is InChI=1S/C21H24N2O5S/c1-4-15-5-8-18(9-6-15)22-20(24)13-28-21(25)16-7-10-19-17(12-16)11-14(2)23(19)29(3,26)27/h5-10,12,14H,4,11,13H2,1-3H3,(H,22,24)/t14-/m1/s1. The number of sulfonamides is 1. The van der Waals surface area contributed by atoms with E-state index in [0.717, 1.165) is 23.8 Å². The number of nitrogens with one attached hydrogen (secondary N) is 1. The number of fused-ring (bicyclic) bond motifs is 1. The fourth-order valence-corrected chi connectivity index (χ4v) is 4.73. The lowest BCUT2D eigenvalue weighted by atomic mass is 10.1. The molecule has 2 aromatic carbocycles. The number of ether oxygens (including phenoxy) is 1. The number of nitrogens with zero attached hydrogens (tertiary/aromatic N) is 1. The van der Waals surface area contributed by atoms with Crippen molar-refractivity contribution in [3.63, 3.8) is 0 Å². The van der Waals surface area contributed by atoms with Crippen LogP contribution in [0.3, 0.4) is 0 Å². The molecule has 1 aliphatic heterocycles. The van der Waals surface area contributed by atoms with Gasteiger partial charge in [-0.1, -0.05) is 19.1 Å². The van der Waals surface area contributed by atoms with Crippen molar-refractivity contribution in [2.24, 2.45) is 0 Å². The number of hydrogen-bond acceptors (Lipinski definition) is 5. The zero-order chi connectivity index (χ0) is 21.2. The highest BCUT2D eigenvalue weighted by Gasteiger charge is 2.32. The van der Waals surface area contributed by atoms with Gasteiger partial charge in [-0.3, -0.25) is 9.10 Å². The van der Waals surface area contributed by atoms with Crippen LogP contribution in [0, 0.1) is 0 Å². The zero-order valence-corrected chi connectivity index (χ0v) is 17.5. The van der Waals surface area contributed by atoms with Gasteiger partial charge in [0.15, 0.2) is 6.61 Å². The lowest BCUT2D eigenvalue weighted by molar-refractivity contribution is -0.119. The Kier molecular flexibility index (Phi) is 5.93. The van der Waals surface area contributed by atoms with Crippen LogP contribution in [-0.4, -0.2) is 39.2 Å². The van der Waals surface area contributed by atoms with Crippen molar-refractivity contribution in [3.05, 3.63) is 59.2 Å². The molecule has 29 heavy (non-hydrogen) atoms. The molecule has 1 amide bonds. The van der Waals surface area contributed by atoms with Crippen molar-refractivity contribution < 1.29 is 22.7 Å². The summed E-state index contributed by atoms with van der Waals surface area (Å²) in [6.07, 6.45) is 2.58. The number of benzene rings is 2. The van der Waals surface area contributed by atoms with Gasteiger partial charge in [0.25, 0.3) is 5.91 Å². The Morgan fingerprint density at radius 1 is 1.17 bits per heavy atom. The van der Waals surface area contributed by atoms with E-state index in [1.807, 2.05) is 26.0 Å². The summed E-state index contributed by atoms with van der Waals surface area (Å²) in [7, 11) is -3.39. The third-order valence-electron chi connectivity index (χ3n) is 4.81. The third kappa shape index (κ3) is 4.76. The van der Waals surface area contributed by atoms with Crippen molar-refractivity contribution in [3.8, 4) is 0 Å². The molecule has 1 heterocycles. The fourth-order valence-electron chi connectivity index (χ4n) is 3.47. The molecule has 154 valence electrons. The average Bonchev–Trinajstić information content (AvgIpc) is 3.01. The highest BCUT2D eigenvalue weighted by Crippen LogP contribution is 2.34. The smallest absolute Gasteiger partial charge is 0.338 e. The summed E-state index contributed by atoms with van der Waals surface area (Å²) in [5.41, 5.74) is 3.42. The minimum atomic E-state index is -3.39. The highest BCUT2D eigenvalue weighted by molar-refractivity contribution is 7.92. The molecular formula is C21H24N2O5S.